The molecule has 0 N–H and O–H groups in total. The minimum absolute atomic E-state index is 0.886. The first-order chi connectivity index (χ1) is 10.9. The van der Waals surface area contributed by atoms with Crippen LogP contribution in [0.25, 0.3) is 0 Å². The lowest BCUT2D eigenvalue weighted by Gasteiger charge is -2.42. The van der Waals surface area contributed by atoms with Gasteiger partial charge in [-0.25, -0.2) is 0 Å². The van der Waals surface area contributed by atoms with Crippen molar-refractivity contribution in [3.05, 3.63) is 0 Å². The molecule has 136 valence electrons. The SMILES string of the molecule is CCC1CC(CC)CC(CC2CC(C(C)C)CC(C(C)C)C2)C1. The van der Waals surface area contributed by atoms with Gasteiger partial charge in [-0.2, -0.15) is 0 Å². The number of hydrogen-bond acceptors (Lipinski definition) is 0. The van der Waals surface area contributed by atoms with Gasteiger partial charge >= 0.3 is 0 Å². The molecule has 2 saturated carbocycles. The molecule has 0 aliphatic heterocycles. The summed E-state index contributed by atoms with van der Waals surface area (Å²) in [5, 5.41) is 0. The molecule has 0 spiro atoms. The van der Waals surface area contributed by atoms with Crippen LogP contribution in [-0.4, -0.2) is 0 Å². The maximum absolute atomic E-state index is 2.46. The molecule has 0 nitrogen and oxygen atoms in total. The quantitative estimate of drug-likeness (QED) is 0.473. The molecule has 4 unspecified atom stereocenters. The van der Waals surface area contributed by atoms with Crippen LogP contribution < -0.4 is 0 Å². The van der Waals surface area contributed by atoms with Crippen molar-refractivity contribution < 1.29 is 0 Å². The Morgan fingerprint density at radius 3 is 1.35 bits per heavy atom. The van der Waals surface area contributed by atoms with E-state index in [0.717, 1.165) is 47.3 Å². The first-order valence-corrected chi connectivity index (χ1v) is 10.9. The zero-order chi connectivity index (χ0) is 17.0. The van der Waals surface area contributed by atoms with Crippen LogP contribution in [-0.2, 0) is 0 Å². The van der Waals surface area contributed by atoms with Crippen LogP contribution in [0.5, 0.6) is 0 Å². The lowest BCUT2D eigenvalue weighted by Crippen LogP contribution is -2.31. The minimum Gasteiger partial charge on any atom is -0.0651 e. The van der Waals surface area contributed by atoms with Gasteiger partial charge in [0, 0.05) is 0 Å². The van der Waals surface area contributed by atoms with E-state index in [1.807, 2.05) is 0 Å². The van der Waals surface area contributed by atoms with Crippen molar-refractivity contribution in [3.8, 4) is 0 Å². The molecule has 0 bridgehead atoms. The van der Waals surface area contributed by atoms with Gasteiger partial charge in [0.2, 0.25) is 0 Å². The monoisotopic (exact) mass is 320 g/mol. The summed E-state index contributed by atoms with van der Waals surface area (Å²) in [6, 6.07) is 0. The molecule has 0 aromatic heterocycles. The molecular formula is C23H44. The third-order valence-electron chi connectivity index (χ3n) is 7.58. The summed E-state index contributed by atoms with van der Waals surface area (Å²) in [6.07, 6.45) is 13.6. The van der Waals surface area contributed by atoms with E-state index in [4.69, 9.17) is 0 Å². The van der Waals surface area contributed by atoms with Crippen LogP contribution in [0.15, 0.2) is 0 Å². The standard InChI is InChI=1S/C23H44/c1-7-18-9-19(8-2)11-20(10-18)12-21-13-22(16(3)4)15-23(14-21)17(5)6/h16-23H,7-15H2,1-6H3. The average Bonchev–Trinajstić information content (AvgIpc) is 2.53. The summed E-state index contributed by atoms with van der Waals surface area (Å²) in [5.41, 5.74) is 0. The summed E-state index contributed by atoms with van der Waals surface area (Å²) in [7, 11) is 0. The van der Waals surface area contributed by atoms with E-state index in [-0.39, 0.29) is 0 Å². The molecular weight excluding hydrogens is 276 g/mol. The summed E-state index contributed by atoms with van der Waals surface area (Å²) in [4.78, 5) is 0. The van der Waals surface area contributed by atoms with Gasteiger partial charge in [-0.05, 0) is 92.3 Å². The van der Waals surface area contributed by atoms with Crippen LogP contribution in [0.3, 0.4) is 0 Å². The number of rotatable bonds is 6. The zero-order valence-electron chi connectivity index (χ0n) is 17.0. The molecule has 2 rings (SSSR count). The van der Waals surface area contributed by atoms with Gasteiger partial charge in [0.15, 0.2) is 0 Å². The lowest BCUT2D eigenvalue weighted by molar-refractivity contribution is 0.0904. The van der Waals surface area contributed by atoms with E-state index in [1.165, 1.54) is 38.5 Å². The molecule has 4 atom stereocenters. The largest absolute Gasteiger partial charge is 0.0651 e. The first-order valence-electron chi connectivity index (χ1n) is 10.9. The van der Waals surface area contributed by atoms with Crippen molar-refractivity contribution in [2.45, 2.75) is 99.3 Å². The van der Waals surface area contributed by atoms with Gasteiger partial charge in [-0.3, -0.25) is 0 Å². The summed E-state index contributed by atoms with van der Waals surface area (Å²) >= 11 is 0. The van der Waals surface area contributed by atoms with E-state index in [1.54, 1.807) is 19.3 Å². The second-order valence-electron chi connectivity index (χ2n) is 9.94. The molecule has 0 radical (unpaired) electrons. The second kappa shape index (κ2) is 8.91. The molecule has 0 saturated heterocycles. The highest BCUT2D eigenvalue weighted by Crippen LogP contribution is 2.46. The zero-order valence-corrected chi connectivity index (χ0v) is 17.0. The van der Waals surface area contributed by atoms with Crippen molar-refractivity contribution in [1.82, 2.24) is 0 Å². The van der Waals surface area contributed by atoms with E-state index in [2.05, 4.69) is 41.5 Å². The highest BCUT2D eigenvalue weighted by atomic mass is 14.4. The Kier molecular flexibility index (Phi) is 7.49. The van der Waals surface area contributed by atoms with Crippen molar-refractivity contribution in [2.24, 2.45) is 47.3 Å². The van der Waals surface area contributed by atoms with Gasteiger partial charge in [-0.1, -0.05) is 54.4 Å². The average molecular weight is 321 g/mol. The Hall–Kier alpha value is 0. The molecule has 0 aromatic rings. The molecule has 2 fully saturated rings. The van der Waals surface area contributed by atoms with Crippen LogP contribution in [0, 0.1) is 47.3 Å². The molecule has 0 heteroatoms. The third kappa shape index (κ3) is 5.50. The van der Waals surface area contributed by atoms with E-state index in [0.29, 0.717) is 0 Å². The maximum atomic E-state index is 2.46. The highest BCUT2D eigenvalue weighted by Gasteiger charge is 2.35. The van der Waals surface area contributed by atoms with Crippen molar-refractivity contribution >= 4 is 0 Å². The fourth-order valence-electron chi connectivity index (χ4n) is 5.85. The Bertz CT molecular complexity index is 301. The van der Waals surface area contributed by atoms with Crippen molar-refractivity contribution in [2.75, 3.05) is 0 Å². The van der Waals surface area contributed by atoms with Gasteiger partial charge in [0.25, 0.3) is 0 Å². The lowest BCUT2D eigenvalue weighted by atomic mass is 9.64. The smallest absolute Gasteiger partial charge is 0.0386 e. The predicted molar refractivity (Wildman–Crippen MR) is 104 cm³/mol. The van der Waals surface area contributed by atoms with E-state index < -0.39 is 0 Å². The van der Waals surface area contributed by atoms with Gasteiger partial charge in [0.1, 0.15) is 0 Å². The molecule has 0 amide bonds. The molecule has 0 heterocycles. The van der Waals surface area contributed by atoms with Crippen LogP contribution >= 0.6 is 0 Å². The van der Waals surface area contributed by atoms with Crippen LogP contribution in [0.2, 0.25) is 0 Å². The number of hydrogen-bond donors (Lipinski definition) is 0. The summed E-state index contributed by atoms with van der Waals surface area (Å²) in [6.45, 7) is 14.7. The van der Waals surface area contributed by atoms with Gasteiger partial charge in [0.05, 0.1) is 0 Å². The van der Waals surface area contributed by atoms with E-state index in [9.17, 15) is 0 Å². The van der Waals surface area contributed by atoms with E-state index >= 15 is 0 Å². The summed E-state index contributed by atoms with van der Waals surface area (Å²) in [5.74, 6) is 7.90. The first kappa shape index (κ1) is 19.3. The Balaban J connectivity index is 1.96. The van der Waals surface area contributed by atoms with Crippen molar-refractivity contribution in [1.29, 1.82) is 0 Å². The van der Waals surface area contributed by atoms with Crippen LogP contribution in [0.1, 0.15) is 99.3 Å². The highest BCUT2D eigenvalue weighted by molar-refractivity contribution is 4.86. The molecule has 2 aliphatic carbocycles. The molecule has 23 heavy (non-hydrogen) atoms. The van der Waals surface area contributed by atoms with Crippen LogP contribution in [0.4, 0.5) is 0 Å². The predicted octanol–water partition coefficient (Wildman–Crippen LogP) is 7.57. The molecule has 0 aromatic carbocycles. The third-order valence-corrected chi connectivity index (χ3v) is 7.58. The van der Waals surface area contributed by atoms with Gasteiger partial charge < -0.3 is 0 Å². The topological polar surface area (TPSA) is 0 Å². The fraction of sp³-hybridized carbons (Fsp3) is 1.00. The Labute approximate surface area is 147 Å². The van der Waals surface area contributed by atoms with Gasteiger partial charge in [-0.15, -0.1) is 0 Å². The Morgan fingerprint density at radius 1 is 0.565 bits per heavy atom. The second-order valence-corrected chi connectivity index (χ2v) is 9.94. The normalized spacial score (nSPS) is 39.1. The fourth-order valence-corrected chi connectivity index (χ4v) is 5.85. The molecule has 2 aliphatic rings. The van der Waals surface area contributed by atoms with Crippen molar-refractivity contribution in [3.63, 3.8) is 0 Å². The summed E-state index contributed by atoms with van der Waals surface area (Å²) < 4.78 is 0. The Morgan fingerprint density at radius 2 is 0.957 bits per heavy atom. The maximum Gasteiger partial charge on any atom is -0.0386 e. The minimum atomic E-state index is 0.886.